The summed E-state index contributed by atoms with van der Waals surface area (Å²) in [5, 5.41) is 27.5. The second-order valence-corrected chi connectivity index (χ2v) is 4.30. The summed E-state index contributed by atoms with van der Waals surface area (Å²) in [6.07, 6.45) is 0.606. The van der Waals surface area contributed by atoms with E-state index in [0.29, 0.717) is 12.0 Å². The first-order chi connectivity index (χ1) is 7.65. The van der Waals surface area contributed by atoms with Gasteiger partial charge < -0.3 is 15.2 Å². The summed E-state index contributed by atoms with van der Waals surface area (Å²) in [4.78, 5) is 2.16. The highest BCUT2D eigenvalue weighted by molar-refractivity contribution is 6.58. The van der Waals surface area contributed by atoms with Gasteiger partial charge in [0.25, 0.3) is 0 Å². The Morgan fingerprint density at radius 1 is 1.38 bits per heavy atom. The minimum Gasteiger partial charge on any atom is -0.423 e. The summed E-state index contributed by atoms with van der Waals surface area (Å²) in [5.74, 6) is 0. The standard InChI is InChI=1S/C11H16BNO3/c14-11-4-5-13(8-11)7-9-2-1-3-10(6-9)12(15)16/h1-3,6,11,14-16H,4-5,7-8H2/t11-/m1/s1. The topological polar surface area (TPSA) is 63.9 Å². The molecule has 0 aliphatic carbocycles. The molecule has 4 nitrogen and oxygen atoms in total. The SMILES string of the molecule is OB(O)c1cccc(CN2CC[C@@H](O)C2)c1. The van der Waals surface area contributed by atoms with Gasteiger partial charge in [-0.25, -0.2) is 0 Å². The third kappa shape index (κ3) is 2.83. The second-order valence-electron chi connectivity index (χ2n) is 4.30. The van der Waals surface area contributed by atoms with E-state index in [2.05, 4.69) is 4.90 Å². The van der Waals surface area contributed by atoms with Gasteiger partial charge in [0.15, 0.2) is 0 Å². The molecule has 16 heavy (non-hydrogen) atoms. The molecule has 1 saturated heterocycles. The Morgan fingerprint density at radius 2 is 2.19 bits per heavy atom. The Hall–Kier alpha value is -0.875. The average molecular weight is 221 g/mol. The van der Waals surface area contributed by atoms with E-state index >= 15 is 0 Å². The maximum atomic E-state index is 9.40. The van der Waals surface area contributed by atoms with Crippen LogP contribution >= 0.6 is 0 Å². The molecule has 0 bridgehead atoms. The van der Waals surface area contributed by atoms with Gasteiger partial charge in [0.05, 0.1) is 6.10 Å². The number of aliphatic hydroxyl groups is 1. The van der Waals surface area contributed by atoms with Crippen LogP contribution in [0.1, 0.15) is 12.0 Å². The highest BCUT2D eigenvalue weighted by Gasteiger charge is 2.20. The zero-order chi connectivity index (χ0) is 11.5. The van der Waals surface area contributed by atoms with Crippen molar-refractivity contribution in [3.8, 4) is 0 Å². The Bertz CT molecular complexity index is 359. The lowest BCUT2D eigenvalue weighted by atomic mass is 9.79. The van der Waals surface area contributed by atoms with E-state index in [1.807, 2.05) is 12.1 Å². The van der Waals surface area contributed by atoms with Crippen LogP contribution in [0.4, 0.5) is 0 Å². The van der Waals surface area contributed by atoms with Gasteiger partial charge in [-0.15, -0.1) is 0 Å². The van der Waals surface area contributed by atoms with Crippen LogP contribution in [0.25, 0.3) is 0 Å². The fourth-order valence-electron chi connectivity index (χ4n) is 2.07. The minimum absolute atomic E-state index is 0.216. The van der Waals surface area contributed by atoms with Gasteiger partial charge in [0.2, 0.25) is 0 Å². The lowest BCUT2D eigenvalue weighted by Crippen LogP contribution is -2.30. The first-order valence-electron chi connectivity index (χ1n) is 5.50. The number of β-amino-alcohol motifs (C(OH)–C–C–N with tert-alkyl or cyclic N) is 1. The Labute approximate surface area is 95.3 Å². The van der Waals surface area contributed by atoms with Crippen molar-refractivity contribution in [3.63, 3.8) is 0 Å². The number of likely N-dealkylation sites (tertiary alicyclic amines) is 1. The van der Waals surface area contributed by atoms with Crippen LogP contribution in [0.5, 0.6) is 0 Å². The lowest BCUT2D eigenvalue weighted by Gasteiger charge is -2.15. The smallest absolute Gasteiger partial charge is 0.423 e. The number of benzene rings is 1. The quantitative estimate of drug-likeness (QED) is 0.569. The molecule has 0 unspecified atom stereocenters. The van der Waals surface area contributed by atoms with Crippen LogP contribution in [0.15, 0.2) is 24.3 Å². The molecule has 0 amide bonds. The number of nitrogens with zero attached hydrogens (tertiary/aromatic N) is 1. The third-order valence-corrected chi connectivity index (χ3v) is 2.90. The molecule has 3 N–H and O–H groups in total. The molecule has 0 aromatic heterocycles. The van der Waals surface area contributed by atoms with Gasteiger partial charge in [-0.05, 0) is 17.4 Å². The normalized spacial score (nSPS) is 21.3. The van der Waals surface area contributed by atoms with Crippen molar-refractivity contribution < 1.29 is 15.2 Å². The van der Waals surface area contributed by atoms with E-state index in [1.54, 1.807) is 12.1 Å². The van der Waals surface area contributed by atoms with E-state index < -0.39 is 7.12 Å². The fraction of sp³-hybridized carbons (Fsp3) is 0.455. The summed E-state index contributed by atoms with van der Waals surface area (Å²) >= 11 is 0. The van der Waals surface area contributed by atoms with Gasteiger partial charge in [-0.3, -0.25) is 4.90 Å². The predicted molar refractivity (Wildman–Crippen MR) is 62.2 cm³/mol. The molecule has 2 rings (SSSR count). The summed E-state index contributed by atoms with van der Waals surface area (Å²) in [6, 6.07) is 7.25. The Balaban J connectivity index is 2.01. The zero-order valence-electron chi connectivity index (χ0n) is 9.08. The first-order valence-corrected chi connectivity index (χ1v) is 5.50. The van der Waals surface area contributed by atoms with Crippen LogP contribution in [0.2, 0.25) is 0 Å². The van der Waals surface area contributed by atoms with Crippen molar-refractivity contribution in [2.75, 3.05) is 13.1 Å². The maximum Gasteiger partial charge on any atom is 0.488 e. The molecule has 1 aromatic rings. The van der Waals surface area contributed by atoms with E-state index in [0.717, 1.165) is 25.1 Å². The Kier molecular flexibility index (Phi) is 3.61. The highest BCUT2D eigenvalue weighted by atomic mass is 16.4. The monoisotopic (exact) mass is 221 g/mol. The summed E-state index contributed by atoms with van der Waals surface area (Å²) in [7, 11) is -1.41. The predicted octanol–water partition coefficient (Wildman–Crippen LogP) is -1.07. The summed E-state index contributed by atoms with van der Waals surface area (Å²) in [5.41, 5.74) is 1.55. The molecule has 1 fully saturated rings. The molecule has 1 aliphatic heterocycles. The van der Waals surface area contributed by atoms with Crippen molar-refractivity contribution >= 4 is 12.6 Å². The number of hydrogen-bond donors (Lipinski definition) is 3. The molecule has 0 radical (unpaired) electrons. The van der Waals surface area contributed by atoms with E-state index in [1.165, 1.54) is 0 Å². The van der Waals surface area contributed by atoms with Crippen molar-refractivity contribution in [1.82, 2.24) is 4.90 Å². The van der Waals surface area contributed by atoms with Crippen molar-refractivity contribution in [2.45, 2.75) is 19.1 Å². The molecule has 86 valence electrons. The molecule has 5 heteroatoms. The summed E-state index contributed by atoms with van der Waals surface area (Å²) in [6.45, 7) is 2.34. The highest BCUT2D eigenvalue weighted by Crippen LogP contribution is 2.12. The van der Waals surface area contributed by atoms with Gasteiger partial charge in [-0.1, -0.05) is 24.3 Å². The number of aliphatic hydroxyl groups excluding tert-OH is 1. The van der Waals surface area contributed by atoms with E-state index in [4.69, 9.17) is 10.0 Å². The fourth-order valence-corrected chi connectivity index (χ4v) is 2.07. The largest absolute Gasteiger partial charge is 0.488 e. The van der Waals surface area contributed by atoms with Gasteiger partial charge >= 0.3 is 7.12 Å². The van der Waals surface area contributed by atoms with Gasteiger partial charge in [0.1, 0.15) is 0 Å². The van der Waals surface area contributed by atoms with Gasteiger partial charge in [0, 0.05) is 19.6 Å². The molecular weight excluding hydrogens is 205 g/mol. The minimum atomic E-state index is -1.41. The lowest BCUT2D eigenvalue weighted by molar-refractivity contribution is 0.175. The van der Waals surface area contributed by atoms with Crippen LogP contribution in [-0.4, -0.2) is 46.4 Å². The molecule has 1 heterocycles. The number of rotatable bonds is 3. The Morgan fingerprint density at radius 3 is 2.81 bits per heavy atom. The van der Waals surface area contributed by atoms with Crippen molar-refractivity contribution in [1.29, 1.82) is 0 Å². The third-order valence-electron chi connectivity index (χ3n) is 2.90. The van der Waals surface area contributed by atoms with Crippen molar-refractivity contribution in [2.24, 2.45) is 0 Å². The van der Waals surface area contributed by atoms with Gasteiger partial charge in [-0.2, -0.15) is 0 Å². The molecule has 0 spiro atoms. The summed E-state index contributed by atoms with van der Waals surface area (Å²) < 4.78 is 0. The first kappa shape index (κ1) is 11.6. The molecule has 1 aliphatic rings. The maximum absolute atomic E-state index is 9.40. The second kappa shape index (κ2) is 4.97. The van der Waals surface area contributed by atoms with Crippen LogP contribution in [0, 0.1) is 0 Å². The van der Waals surface area contributed by atoms with E-state index in [9.17, 15) is 5.11 Å². The van der Waals surface area contributed by atoms with Crippen LogP contribution < -0.4 is 5.46 Å². The van der Waals surface area contributed by atoms with E-state index in [-0.39, 0.29) is 6.10 Å². The molecule has 1 atom stereocenters. The van der Waals surface area contributed by atoms with Crippen LogP contribution in [0.3, 0.4) is 0 Å². The van der Waals surface area contributed by atoms with Crippen molar-refractivity contribution in [3.05, 3.63) is 29.8 Å². The molecule has 1 aromatic carbocycles. The molecule has 0 saturated carbocycles. The molecular formula is C11H16BNO3. The average Bonchev–Trinajstić information content (AvgIpc) is 2.64. The zero-order valence-corrected chi connectivity index (χ0v) is 9.08. The van der Waals surface area contributed by atoms with Crippen LogP contribution in [-0.2, 0) is 6.54 Å². The number of hydrogen-bond acceptors (Lipinski definition) is 4.